The van der Waals surface area contributed by atoms with Crippen LogP contribution < -0.4 is 10.6 Å². The Morgan fingerprint density at radius 2 is 2.13 bits per heavy atom. The number of aryl methyl sites for hydroxylation is 1. The third-order valence-corrected chi connectivity index (χ3v) is 4.31. The summed E-state index contributed by atoms with van der Waals surface area (Å²) in [5.74, 6) is 0.929. The van der Waals surface area contributed by atoms with E-state index in [-0.39, 0.29) is 17.9 Å². The summed E-state index contributed by atoms with van der Waals surface area (Å²) in [4.78, 5) is 22.1. The predicted octanol–water partition coefficient (Wildman–Crippen LogP) is 2.24. The standard InChI is InChI=1S/C20H26N8O3/c1-13-16(7-17(27-26-13)25-18-11-22-14(8-21)9-24-18)23-10-15-12-28(5-6-30-15)19(29)31-20(2,3)4/h7,9,11,15H,5-6,10,12H2,1-4H3,(H2,23,24,25,27)/t15-/m1/s1. The topological polar surface area (TPSA) is 138 Å². The fourth-order valence-electron chi connectivity index (χ4n) is 2.83. The molecule has 0 spiro atoms. The monoisotopic (exact) mass is 426 g/mol. The van der Waals surface area contributed by atoms with Crippen molar-refractivity contribution in [2.75, 3.05) is 36.9 Å². The average molecular weight is 426 g/mol. The van der Waals surface area contributed by atoms with Gasteiger partial charge < -0.3 is 25.0 Å². The van der Waals surface area contributed by atoms with Crippen molar-refractivity contribution in [3.63, 3.8) is 0 Å². The lowest BCUT2D eigenvalue weighted by Gasteiger charge is -2.34. The molecule has 0 radical (unpaired) electrons. The van der Waals surface area contributed by atoms with Crippen LogP contribution in [-0.2, 0) is 9.47 Å². The Morgan fingerprint density at radius 3 is 2.81 bits per heavy atom. The van der Waals surface area contributed by atoms with Crippen molar-refractivity contribution in [1.82, 2.24) is 25.1 Å². The van der Waals surface area contributed by atoms with Gasteiger partial charge in [0, 0.05) is 19.2 Å². The van der Waals surface area contributed by atoms with Gasteiger partial charge in [-0.3, -0.25) is 0 Å². The Kier molecular flexibility index (Phi) is 6.81. The number of hydrogen-bond acceptors (Lipinski definition) is 10. The molecule has 1 fully saturated rings. The molecule has 0 saturated carbocycles. The van der Waals surface area contributed by atoms with Crippen molar-refractivity contribution in [3.05, 3.63) is 29.8 Å². The first kappa shape index (κ1) is 22.2. The number of morpholine rings is 1. The van der Waals surface area contributed by atoms with E-state index in [2.05, 4.69) is 30.8 Å². The quantitative estimate of drug-likeness (QED) is 0.732. The van der Waals surface area contributed by atoms with Crippen LogP contribution in [0.5, 0.6) is 0 Å². The summed E-state index contributed by atoms with van der Waals surface area (Å²) in [7, 11) is 0. The summed E-state index contributed by atoms with van der Waals surface area (Å²) in [6.45, 7) is 9.25. The first-order valence-corrected chi connectivity index (χ1v) is 9.90. The number of nitrogens with one attached hydrogen (secondary N) is 2. The SMILES string of the molecule is Cc1nnc(Nc2cnc(C#N)cn2)cc1NC[C@@H]1CN(C(=O)OC(C)(C)C)CCO1. The molecule has 1 aliphatic rings. The number of carbonyl (C=O) groups excluding carboxylic acids is 1. The fourth-order valence-corrected chi connectivity index (χ4v) is 2.83. The Hall–Kier alpha value is -3.52. The van der Waals surface area contributed by atoms with Crippen LogP contribution in [0.25, 0.3) is 0 Å². The van der Waals surface area contributed by atoms with Gasteiger partial charge >= 0.3 is 6.09 Å². The van der Waals surface area contributed by atoms with E-state index in [0.717, 1.165) is 11.4 Å². The zero-order chi connectivity index (χ0) is 22.4. The molecule has 164 valence electrons. The maximum Gasteiger partial charge on any atom is 0.410 e. The normalized spacial score (nSPS) is 16.4. The van der Waals surface area contributed by atoms with Crippen LogP contribution in [0.2, 0.25) is 0 Å². The fraction of sp³-hybridized carbons (Fsp3) is 0.500. The van der Waals surface area contributed by atoms with Crippen LogP contribution in [0.1, 0.15) is 32.2 Å². The van der Waals surface area contributed by atoms with Gasteiger partial charge in [0.05, 0.1) is 43.0 Å². The van der Waals surface area contributed by atoms with E-state index in [0.29, 0.717) is 37.9 Å². The summed E-state index contributed by atoms with van der Waals surface area (Å²) in [6, 6.07) is 3.72. The zero-order valence-electron chi connectivity index (χ0n) is 18.0. The van der Waals surface area contributed by atoms with E-state index in [9.17, 15) is 4.79 Å². The molecule has 31 heavy (non-hydrogen) atoms. The number of carbonyl (C=O) groups is 1. The van der Waals surface area contributed by atoms with Gasteiger partial charge in [0.2, 0.25) is 0 Å². The second kappa shape index (κ2) is 9.53. The van der Waals surface area contributed by atoms with E-state index in [1.54, 1.807) is 11.0 Å². The Balaban J connectivity index is 1.58. The lowest BCUT2D eigenvalue weighted by Crippen LogP contribution is -2.49. The highest BCUT2D eigenvalue weighted by molar-refractivity contribution is 5.68. The van der Waals surface area contributed by atoms with Gasteiger partial charge in [0.1, 0.15) is 17.5 Å². The molecule has 0 unspecified atom stereocenters. The summed E-state index contributed by atoms with van der Waals surface area (Å²) in [6.07, 6.45) is 2.31. The smallest absolute Gasteiger partial charge is 0.410 e. The molecular formula is C20H26N8O3. The minimum atomic E-state index is -0.536. The summed E-state index contributed by atoms with van der Waals surface area (Å²) in [5.41, 5.74) is 1.19. The molecule has 11 heteroatoms. The molecule has 1 atom stereocenters. The second-order valence-electron chi connectivity index (χ2n) is 8.05. The molecule has 2 aromatic heterocycles. The maximum absolute atomic E-state index is 12.3. The molecule has 1 saturated heterocycles. The molecule has 3 rings (SSSR count). The van der Waals surface area contributed by atoms with Crippen molar-refractivity contribution in [2.24, 2.45) is 0 Å². The van der Waals surface area contributed by atoms with Gasteiger partial charge in [-0.2, -0.15) is 10.4 Å². The third kappa shape index (κ3) is 6.48. The lowest BCUT2D eigenvalue weighted by molar-refractivity contribution is -0.0371. The van der Waals surface area contributed by atoms with Gasteiger partial charge in [-0.25, -0.2) is 14.8 Å². The van der Waals surface area contributed by atoms with E-state index in [1.165, 1.54) is 12.4 Å². The molecule has 3 heterocycles. The summed E-state index contributed by atoms with van der Waals surface area (Å²) >= 11 is 0. The highest BCUT2D eigenvalue weighted by atomic mass is 16.6. The van der Waals surface area contributed by atoms with Crippen molar-refractivity contribution in [2.45, 2.75) is 39.4 Å². The van der Waals surface area contributed by atoms with Gasteiger partial charge in [-0.05, 0) is 27.7 Å². The highest BCUT2D eigenvalue weighted by Gasteiger charge is 2.28. The van der Waals surface area contributed by atoms with Crippen LogP contribution in [0, 0.1) is 18.3 Å². The zero-order valence-corrected chi connectivity index (χ0v) is 18.0. The van der Waals surface area contributed by atoms with E-state index in [1.807, 2.05) is 33.8 Å². The molecule has 2 aromatic rings. The number of amides is 1. The van der Waals surface area contributed by atoms with Gasteiger partial charge in [-0.15, -0.1) is 5.10 Å². The number of aromatic nitrogens is 4. The second-order valence-corrected chi connectivity index (χ2v) is 8.05. The maximum atomic E-state index is 12.3. The number of ether oxygens (including phenoxy) is 2. The molecule has 11 nitrogen and oxygen atoms in total. The van der Waals surface area contributed by atoms with Gasteiger partial charge in [0.15, 0.2) is 11.5 Å². The molecule has 1 amide bonds. The number of nitrogens with zero attached hydrogens (tertiary/aromatic N) is 6. The van der Waals surface area contributed by atoms with Crippen LogP contribution >= 0.6 is 0 Å². The van der Waals surface area contributed by atoms with Crippen molar-refractivity contribution in [1.29, 1.82) is 5.26 Å². The molecule has 1 aliphatic heterocycles. The molecule has 0 aromatic carbocycles. The molecule has 0 bridgehead atoms. The number of hydrogen-bond donors (Lipinski definition) is 2. The van der Waals surface area contributed by atoms with Crippen molar-refractivity contribution >= 4 is 23.4 Å². The largest absolute Gasteiger partial charge is 0.444 e. The molecule has 0 aliphatic carbocycles. The minimum absolute atomic E-state index is 0.186. The van der Waals surface area contributed by atoms with Crippen LogP contribution in [-0.4, -0.2) is 69.1 Å². The molecular weight excluding hydrogens is 400 g/mol. The first-order chi connectivity index (χ1) is 14.7. The van der Waals surface area contributed by atoms with E-state index < -0.39 is 5.60 Å². The van der Waals surface area contributed by atoms with Gasteiger partial charge in [0.25, 0.3) is 0 Å². The van der Waals surface area contributed by atoms with Gasteiger partial charge in [-0.1, -0.05) is 0 Å². The highest BCUT2D eigenvalue weighted by Crippen LogP contribution is 2.19. The summed E-state index contributed by atoms with van der Waals surface area (Å²) in [5, 5.41) is 23.4. The van der Waals surface area contributed by atoms with Crippen molar-refractivity contribution < 1.29 is 14.3 Å². The minimum Gasteiger partial charge on any atom is -0.444 e. The van der Waals surface area contributed by atoms with Crippen LogP contribution in [0.3, 0.4) is 0 Å². The average Bonchev–Trinajstić information content (AvgIpc) is 2.73. The molecule has 2 N–H and O–H groups in total. The third-order valence-electron chi connectivity index (χ3n) is 4.31. The lowest BCUT2D eigenvalue weighted by atomic mass is 10.2. The summed E-state index contributed by atoms with van der Waals surface area (Å²) < 4.78 is 11.2. The predicted molar refractivity (Wildman–Crippen MR) is 113 cm³/mol. The Morgan fingerprint density at radius 1 is 1.32 bits per heavy atom. The van der Waals surface area contributed by atoms with E-state index >= 15 is 0 Å². The Bertz CT molecular complexity index is 952. The number of nitriles is 1. The number of rotatable bonds is 5. The van der Waals surface area contributed by atoms with Crippen molar-refractivity contribution in [3.8, 4) is 6.07 Å². The first-order valence-electron chi connectivity index (χ1n) is 9.90. The number of anilines is 3. The van der Waals surface area contributed by atoms with Crippen LogP contribution in [0.15, 0.2) is 18.5 Å². The van der Waals surface area contributed by atoms with Crippen LogP contribution in [0.4, 0.5) is 22.1 Å². The Labute approximate surface area is 180 Å². The van der Waals surface area contributed by atoms with E-state index in [4.69, 9.17) is 14.7 Å².